The lowest BCUT2D eigenvalue weighted by Crippen LogP contribution is -2.50. The molecular weight excluding hydrogens is 248 g/mol. The van der Waals surface area contributed by atoms with Crippen LogP contribution in [0.2, 0.25) is 12.6 Å². The Morgan fingerprint density at radius 1 is 1.07 bits per heavy atom. The zero-order chi connectivity index (χ0) is 10.8. The molecule has 0 bridgehead atoms. The summed E-state index contributed by atoms with van der Waals surface area (Å²) in [5, 5.41) is 0. The lowest BCUT2D eigenvalue weighted by atomic mass is 9.75. The van der Waals surface area contributed by atoms with Crippen LogP contribution in [-0.2, 0) is 13.9 Å². The van der Waals surface area contributed by atoms with Crippen molar-refractivity contribution in [1.82, 2.24) is 0 Å². The van der Waals surface area contributed by atoms with Gasteiger partial charge in [-0.3, -0.25) is 0 Å². The van der Waals surface area contributed by atoms with Crippen LogP contribution >= 0.6 is 34.8 Å². The number of rotatable bonds is 2. The number of alkyl halides is 3. The Morgan fingerprint density at radius 3 is 1.79 bits per heavy atom. The fourth-order valence-electron chi connectivity index (χ4n) is 1.08. The number of halogens is 3. The first-order chi connectivity index (χ1) is 6.47. The summed E-state index contributed by atoms with van der Waals surface area (Å²) in [6, 6.07) is 0. The second-order valence-corrected chi connectivity index (χ2v) is 5.33. The van der Waals surface area contributed by atoms with Crippen molar-refractivity contribution in [2.75, 3.05) is 0 Å². The van der Waals surface area contributed by atoms with E-state index in [2.05, 4.69) is 0 Å². The first-order valence-electron chi connectivity index (χ1n) is 4.50. The van der Waals surface area contributed by atoms with E-state index in [4.69, 9.17) is 48.7 Å². The topological polar surface area (TPSA) is 27.7 Å². The van der Waals surface area contributed by atoms with E-state index in [0.29, 0.717) is 12.6 Å². The quantitative estimate of drug-likeness (QED) is 0.563. The molecule has 0 spiro atoms. The highest BCUT2D eigenvalue weighted by atomic mass is 35.6. The van der Waals surface area contributed by atoms with Crippen molar-refractivity contribution in [3.63, 3.8) is 0 Å². The summed E-state index contributed by atoms with van der Waals surface area (Å²) in [5.41, 5.74) is 0. The van der Waals surface area contributed by atoms with Gasteiger partial charge in [0.1, 0.15) is 0 Å². The molecule has 0 atom stereocenters. The Balaban J connectivity index is 2.60. The molecule has 0 amide bonds. The molecule has 1 saturated heterocycles. The normalized spacial score (nSPS) is 20.4. The first-order valence-corrected chi connectivity index (χ1v) is 5.63. The largest absolute Gasteiger partial charge is 0.451 e. The maximum Gasteiger partial charge on any atom is 0.444 e. The third-order valence-corrected chi connectivity index (χ3v) is 2.32. The molecule has 1 heterocycles. The molecule has 1 aliphatic rings. The lowest BCUT2D eigenvalue weighted by Gasteiger charge is -2.35. The minimum absolute atomic E-state index is 0.366. The Morgan fingerprint density at radius 2 is 1.50 bits per heavy atom. The van der Waals surface area contributed by atoms with E-state index in [1.54, 1.807) is 0 Å². The van der Waals surface area contributed by atoms with Gasteiger partial charge in [-0.05, 0) is 12.6 Å². The first kappa shape index (κ1) is 12.9. The lowest BCUT2D eigenvalue weighted by molar-refractivity contribution is -0.0461. The minimum Gasteiger partial charge on any atom is -0.451 e. The summed E-state index contributed by atoms with van der Waals surface area (Å²) in [6.07, 6.45) is 0.518. The summed E-state index contributed by atoms with van der Waals surface area (Å²) >= 11 is 17.0. The molecule has 0 saturated carbocycles. The molecule has 0 aliphatic carbocycles. The molecule has 8 heteroatoms. The fourth-order valence-corrected chi connectivity index (χ4v) is 1.39. The second-order valence-electron chi connectivity index (χ2n) is 2.96. The van der Waals surface area contributed by atoms with Crippen LogP contribution in [0, 0.1) is 0 Å². The highest BCUT2D eigenvalue weighted by molar-refractivity contribution is 6.69. The van der Waals surface area contributed by atoms with Gasteiger partial charge in [-0.25, -0.2) is 0 Å². The monoisotopic (exact) mass is 258 g/mol. The molecule has 14 heavy (non-hydrogen) atoms. The predicted octanol–water partition coefficient (Wildman–Crippen LogP) is 2.76. The molecule has 0 N–H and O–H groups in total. The van der Waals surface area contributed by atoms with Crippen LogP contribution in [0.1, 0.15) is 13.8 Å². The molecule has 0 aromatic heterocycles. The van der Waals surface area contributed by atoms with E-state index >= 15 is 0 Å². The van der Waals surface area contributed by atoms with Gasteiger partial charge >= 0.3 is 14.2 Å². The van der Waals surface area contributed by atoms with Crippen molar-refractivity contribution < 1.29 is 13.9 Å². The second kappa shape index (κ2) is 5.28. The van der Waals surface area contributed by atoms with Gasteiger partial charge in [0, 0.05) is 0 Å². The van der Waals surface area contributed by atoms with Crippen molar-refractivity contribution in [1.29, 1.82) is 0 Å². The highest BCUT2D eigenvalue weighted by Gasteiger charge is 2.44. The van der Waals surface area contributed by atoms with E-state index in [-0.39, 0.29) is 14.2 Å². The van der Waals surface area contributed by atoms with Crippen LogP contribution in [0.3, 0.4) is 0 Å². The Labute approximate surface area is 99.6 Å². The van der Waals surface area contributed by atoms with Crippen LogP contribution in [0.4, 0.5) is 0 Å². The van der Waals surface area contributed by atoms with Crippen molar-refractivity contribution in [3.8, 4) is 0 Å². The van der Waals surface area contributed by atoms with E-state index in [1.807, 2.05) is 13.8 Å². The van der Waals surface area contributed by atoms with Crippen molar-refractivity contribution in [2.24, 2.45) is 0 Å². The van der Waals surface area contributed by atoms with Crippen molar-refractivity contribution in [3.05, 3.63) is 0 Å². The number of hydrogen-bond acceptors (Lipinski definition) is 3. The molecule has 80 valence electrons. The SMILES string of the molecule is CCB1OB(CC)OC(C(Cl)(Cl)Cl)O1. The molecule has 1 rings (SSSR count). The van der Waals surface area contributed by atoms with Gasteiger partial charge in [0.2, 0.25) is 3.79 Å². The molecule has 0 aromatic carbocycles. The van der Waals surface area contributed by atoms with Gasteiger partial charge in [0.15, 0.2) is 6.29 Å². The number of hydrogen-bond donors (Lipinski definition) is 0. The molecule has 0 aromatic rings. The highest BCUT2D eigenvalue weighted by Crippen LogP contribution is 2.36. The van der Waals surface area contributed by atoms with Gasteiger partial charge in [0.25, 0.3) is 0 Å². The van der Waals surface area contributed by atoms with Crippen molar-refractivity contribution in [2.45, 2.75) is 36.6 Å². The average molecular weight is 259 g/mol. The van der Waals surface area contributed by atoms with Gasteiger partial charge < -0.3 is 13.9 Å². The van der Waals surface area contributed by atoms with Crippen molar-refractivity contribution >= 4 is 49.0 Å². The van der Waals surface area contributed by atoms with E-state index in [1.165, 1.54) is 0 Å². The van der Waals surface area contributed by atoms with Crippen LogP contribution in [0.5, 0.6) is 0 Å². The van der Waals surface area contributed by atoms with Crippen LogP contribution in [-0.4, -0.2) is 24.3 Å². The van der Waals surface area contributed by atoms with Gasteiger partial charge in [-0.15, -0.1) is 0 Å². The Hall–Kier alpha value is 0.880. The molecule has 1 aliphatic heterocycles. The summed E-state index contributed by atoms with van der Waals surface area (Å²) in [7, 11) is -0.733. The third-order valence-electron chi connectivity index (χ3n) is 1.79. The Kier molecular flexibility index (Phi) is 4.88. The third kappa shape index (κ3) is 3.47. The smallest absolute Gasteiger partial charge is 0.444 e. The predicted molar refractivity (Wildman–Crippen MR) is 59.8 cm³/mol. The maximum atomic E-state index is 5.68. The molecule has 0 radical (unpaired) electrons. The molecule has 1 fully saturated rings. The molecular formula is C6H11B2Cl3O3. The van der Waals surface area contributed by atoms with E-state index < -0.39 is 10.1 Å². The van der Waals surface area contributed by atoms with Gasteiger partial charge in [0.05, 0.1) is 0 Å². The zero-order valence-electron chi connectivity index (χ0n) is 8.00. The average Bonchev–Trinajstić information content (AvgIpc) is 2.15. The summed E-state index contributed by atoms with van der Waals surface area (Å²) < 4.78 is 14.4. The zero-order valence-corrected chi connectivity index (χ0v) is 10.3. The standard InChI is InChI=1S/C6H11B2Cl3O3/c1-3-7-12-5(6(9,10)11)13-8(4-2)14-7/h5H,3-4H2,1-2H3. The molecule has 3 nitrogen and oxygen atoms in total. The summed E-state index contributed by atoms with van der Waals surface area (Å²) in [6.45, 7) is 3.86. The van der Waals surface area contributed by atoms with Gasteiger partial charge in [-0.1, -0.05) is 48.7 Å². The summed E-state index contributed by atoms with van der Waals surface area (Å²) in [5.74, 6) is 0. The van der Waals surface area contributed by atoms with Crippen LogP contribution in [0.25, 0.3) is 0 Å². The van der Waals surface area contributed by atoms with Crippen LogP contribution < -0.4 is 0 Å². The maximum absolute atomic E-state index is 5.68. The van der Waals surface area contributed by atoms with Crippen LogP contribution in [0.15, 0.2) is 0 Å². The fraction of sp³-hybridized carbons (Fsp3) is 1.00. The van der Waals surface area contributed by atoms with E-state index in [0.717, 1.165) is 0 Å². The minimum atomic E-state index is -1.58. The molecule has 0 unspecified atom stereocenters. The summed E-state index contributed by atoms with van der Waals surface area (Å²) in [4.78, 5) is 0. The van der Waals surface area contributed by atoms with E-state index in [9.17, 15) is 0 Å². The Bertz CT molecular complexity index is 178. The van der Waals surface area contributed by atoms with Gasteiger partial charge in [-0.2, -0.15) is 0 Å².